The Labute approximate surface area is 195 Å². The number of alkyl halides is 2. The quantitative estimate of drug-likeness (QED) is 0.527. The van der Waals surface area contributed by atoms with E-state index in [1.54, 1.807) is 12.1 Å². The molecule has 0 unspecified atom stereocenters. The molecule has 7 nitrogen and oxygen atoms in total. The number of nitrogens with one attached hydrogen (secondary N) is 1. The number of aryl methyl sites for hydroxylation is 1. The van der Waals surface area contributed by atoms with Gasteiger partial charge in [0.15, 0.2) is 11.9 Å². The monoisotopic (exact) mass is 469 g/mol. The third-order valence-electron chi connectivity index (χ3n) is 5.62. The predicted octanol–water partition coefficient (Wildman–Crippen LogP) is 4.56. The van der Waals surface area contributed by atoms with E-state index in [1.165, 1.54) is 18.3 Å². The molecule has 9 heteroatoms. The van der Waals surface area contributed by atoms with Gasteiger partial charge in [0.1, 0.15) is 17.1 Å². The topological polar surface area (TPSA) is 97.5 Å². The lowest BCUT2D eigenvalue weighted by atomic mass is 9.97. The second-order valence-electron chi connectivity index (χ2n) is 8.44. The highest BCUT2D eigenvalue weighted by Crippen LogP contribution is 2.35. The van der Waals surface area contributed by atoms with Gasteiger partial charge in [-0.1, -0.05) is 23.4 Å². The number of aliphatic hydroxyl groups is 1. The zero-order chi connectivity index (χ0) is 24.5. The largest absolute Gasteiger partial charge is 0.480 e. The Balaban J connectivity index is 1.30. The molecular weight excluding hydrogens is 444 g/mol. The van der Waals surface area contributed by atoms with Gasteiger partial charge in [-0.3, -0.25) is 9.78 Å². The van der Waals surface area contributed by atoms with Gasteiger partial charge in [0.2, 0.25) is 0 Å². The Hall–Kier alpha value is -3.59. The molecule has 0 saturated carbocycles. The van der Waals surface area contributed by atoms with Gasteiger partial charge >= 0.3 is 0 Å². The summed E-state index contributed by atoms with van der Waals surface area (Å²) in [5.41, 5.74) is 2.95. The predicted molar refractivity (Wildman–Crippen MR) is 121 cm³/mol. The Morgan fingerprint density at radius 3 is 2.79 bits per heavy atom. The van der Waals surface area contributed by atoms with Gasteiger partial charge in [-0.05, 0) is 43.2 Å². The average Bonchev–Trinajstić information content (AvgIpc) is 3.29. The van der Waals surface area contributed by atoms with Crippen molar-refractivity contribution < 1.29 is 27.9 Å². The van der Waals surface area contributed by atoms with Gasteiger partial charge in [-0.15, -0.1) is 0 Å². The van der Waals surface area contributed by atoms with Crippen molar-refractivity contribution >= 4 is 11.5 Å². The van der Waals surface area contributed by atoms with E-state index in [9.17, 15) is 18.7 Å². The lowest BCUT2D eigenvalue weighted by Gasteiger charge is -2.29. The van der Waals surface area contributed by atoms with Crippen molar-refractivity contribution in [2.24, 2.45) is 0 Å². The number of hydrogen-bond acceptors (Lipinski definition) is 6. The summed E-state index contributed by atoms with van der Waals surface area (Å²) in [6.07, 6.45) is 0.321. The minimum atomic E-state index is -3.02. The SMILES string of the molecule is C=C(CCNC(=O)[C@H]1C[C@@H](O)c2cc(C)ccc2O1)c1cc(-c2ccc(C(C)(F)F)nc2)no1. The van der Waals surface area contributed by atoms with Crippen LogP contribution in [0.2, 0.25) is 0 Å². The molecular formula is C25H25F2N3O4. The molecule has 0 radical (unpaired) electrons. The highest BCUT2D eigenvalue weighted by Gasteiger charge is 2.31. The van der Waals surface area contributed by atoms with Crippen LogP contribution in [0.4, 0.5) is 8.78 Å². The Bertz CT molecular complexity index is 1200. The van der Waals surface area contributed by atoms with Gasteiger partial charge in [-0.2, -0.15) is 8.78 Å². The van der Waals surface area contributed by atoms with Crippen molar-refractivity contribution in [2.45, 2.75) is 44.8 Å². The number of ether oxygens (including phenoxy) is 1. The molecule has 3 heterocycles. The molecule has 0 fully saturated rings. The van der Waals surface area contributed by atoms with Gasteiger partial charge in [-0.25, -0.2) is 0 Å². The maximum atomic E-state index is 13.3. The number of hydrogen-bond donors (Lipinski definition) is 2. The molecule has 34 heavy (non-hydrogen) atoms. The second kappa shape index (κ2) is 9.34. The average molecular weight is 469 g/mol. The molecule has 1 aromatic carbocycles. The van der Waals surface area contributed by atoms with E-state index in [-0.39, 0.29) is 24.6 Å². The molecule has 1 aliphatic heterocycles. The van der Waals surface area contributed by atoms with E-state index in [4.69, 9.17) is 9.26 Å². The zero-order valence-electron chi connectivity index (χ0n) is 18.8. The third-order valence-corrected chi connectivity index (χ3v) is 5.62. The van der Waals surface area contributed by atoms with E-state index >= 15 is 0 Å². The molecule has 2 aromatic heterocycles. The maximum absolute atomic E-state index is 13.3. The number of halogens is 2. The van der Waals surface area contributed by atoms with Crippen LogP contribution in [0.1, 0.15) is 48.5 Å². The van der Waals surface area contributed by atoms with Crippen molar-refractivity contribution in [3.63, 3.8) is 0 Å². The maximum Gasteiger partial charge on any atom is 0.286 e. The number of fused-ring (bicyclic) bond motifs is 1. The van der Waals surface area contributed by atoms with Crippen molar-refractivity contribution in [1.82, 2.24) is 15.5 Å². The van der Waals surface area contributed by atoms with Crippen LogP contribution < -0.4 is 10.1 Å². The smallest absolute Gasteiger partial charge is 0.286 e. The molecule has 2 N–H and O–H groups in total. The molecule has 1 aliphatic rings. The van der Waals surface area contributed by atoms with Crippen LogP contribution in [0.25, 0.3) is 16.8 Å². The second-order valence-corrected chi connectivity index (χ2v) is 8.44. The van der Waals surface area contributed by atoms with E-state index in [2.05, 4.69) is 22.0 Å². The van der Waals surface area contributed by atoms with E-state index in [0.29, 0.717) is 40.3 Å². The lowest BCUT2D eigenvalue weighted by molar-refractivity contribution is -0.130. The third kappa shape index (κ3) is 5.14. The van der Waals surface area contributed by atoms with Crippen LogP contribution in [-0.4, -0.2) is 33.8 Å². The molecule has 0 bridgehead atoms. The first-order valence-electron chi connectivity index (χ1n) is 10.8. The summed E-state index contributed by atoms with van der Waals surface area (Å²) in [4.78, 5) is 16.3. The fraction of sp³-hybridized carbons (Fsp3) is 0.320. The normalized spacial score (nSPS) is 17.6. The number of benzene rings is 1. The van der Waals surface area contributed by atoms with Crippen LogP contribution in [0.3, 0.4) is 0 Å². The summed E-state index contributed by atoms with van der Waals surface area (Å²) in [7, 11) is 0. The van der Waals surface area contributed by atoms with Crippen molar-refractivity contribution in [1.29, 1.82) is 0 Å². The molecule has 0 aliphatic carbocycles. The van der Waals surface area contributed by atoms with Crippen LogP contribution >= 0.6 is 0 Å². The Morgan fingerprint density at radius 1 is 1.29 bits per heavy atom. The van der Waals surface area contributed by atoms with Crippen molar-refractivity contribution in [2.75, 3.05) is 6.54 Å². The van der Waals surface area contributed by atoms with Crippen LogP contribution in [0.15, 0.2) is 53.7 Å². The van der Waals surface area contributed by atoms with E-state index in [0.717, 1.165) is 12.5 Å². The molecule has 178 valence electrons. The lowest BCUT2D eigenvalue weighted by Crippen LogP contribution is -2.41. The summed E-state index contributed by atoms with van der Waals surface area (Å²) in [5.74, 6) is -2.42. The first-order chi connectivity index (χ1) is 16.1. The van der Waals surface area contributed by atoms with Gasteiger partial charge in [0, 0.05) is 43.3 Å². The summed E-state index contributed by atoms with van der Waals surface area (Å²) in [6, 6.07) is 9.87. The highest BCUT2D eigenvalue weighted by atomic mass is 19.3. The molecule has 0 saturated heterocycles. The molecule has 4 rings (SSSR count). The minimum absolute atomic E-state index is 0.172. The van der Waals surface area contributed by atoms with Crippen molar-refractivity contribution in [3.05, 3.63) is 71.8 Å². The van der Waals surface area contributed by atoms with Gasteiger partial charge in [0.05, 0.1) is 6.10 Å². The first-order valence-corrected chi connectivity index (χ1v) is 10.8. The van der Waals surface area contributed by atoms with Crippen molar-refractivity contribution in [3.8, 4) is 17.0 Å². The zero-order valence-corrected chi connectivity index (χ0v) is 18.8. The van der Waals surface area contributed by atoms with Crippen LogP contribution in [0, 0.1) is 6.92 Å². The van der Waals surface area contributed by atoms with E-state index < -0.39 is 18.1 Å². The Morgan fingerprint density at radius 2 is 2.09 bits per heavy atom. The number of aromatic nitrogens is 2. The molecule has 0 spiro atoms. The Kier molecular flexibility index (Phi) is 6.47. The van der Waals surface area contributed by atoms with E-state index in [1.807, 2.05) is 19.1 Å². The minimum Gasteiger partial charge on any atom is -0.480 e. The highest BCUT2D eigenvalue weighted by molar-refractivity contribution is 5.81. The van der Waals surface area contributed by atoms with Gasteiger partial charge < -0.3 is 19.7 Å². The first kappa shape index (κ1) is 23.6. The number of rotatable bonds is 7. The number of carbonyl (C=O) groups is 1. The summed E-state index contributed by atoms with van der Waals surface area (Å²) >= 11 is 0. The number of nitrogens with zero attached hydrogens (tertiary/aromatic N) is 2. The number of carbonyl (C=O) groups excluding carboxylic acids is 1. The molecule has 1 amide bonds. The number of aliphatic hydroxyl groups excluding tert-OH is 1. The van der Waals surface area contributed by atoms with Crippen LogP contribution in [0.5, 0.6) is 5.75 Å². The fourth-order valence-electron chi connectivity index (χ4n) is 3.68. The summed E-state index contributed by atoms with van der Waals surface area (Å²) in [6.45, 7) is 6.96. The standard InChI is InChI=1S/C25H25F2N3O4/c1-14-4-6-20-17(10-14)19(31)12-22(33-20)24(32)28-9-8-15(2)21-11-18(30-34-21)16-5-7-23(29-13-16)25(3,26)27/h4-7,10-11,13,19,22,31H,2,8-9,12H2,1,3H3,(H,28,32)/t19-,22-/m1/s1. The summed E-state index contributed by atoms with van der Waals surface area (Å²) < 4.78 is 37.8. The number of pyridine rings is 1. The van der Waals surface area contributed by atoms with Crippen LogP contribution in [-0.2, 0) is 10.7 Å². The molecule has 3 aromatic rings. The fourth-order valence-corrected chi connectivity index (χ4v) is 3.68. The number of amides is 1. The van der Waals surface area contributed by atoms with Gasteiger partial charge in [0.25, 0.3) is 11.8 Å². The summed E-state index contributed by atoms with van der Waals surface area (Å²) in [5, 5.41) is 17.1. The molecule has 2 atom stereocenters.